The molecule has 6 heteroatoms. The van der Waals surface area contributed by atoms with Gasteiger partial charge in [0.25, 0.3) is 0 Å². The molecule has 0 saturated carbocycles. The predicted octanol–water partition coefficient (Wildman–Crippen LogP) is 3.51. The topological polar surface area (TPSA) is 59.9 Å². The minimum Gasteiger partial charge on any atom is -0.478 e. The zero-order chi connectivity index (χ0) is 14.5. The smallest absolute Gasteiger partial charge is 0.218 e. The Morgan fingerprint density at radius 3 is 2.80 bits per heavy atom. The van der Waals surface area contributed by atoms with Crippen molar-refractivity contribution in [3.05, 3.63) is 28.0 Å². The normalized spacial score (nSPS) is 12.2. The fourth-order valence-corrected chi connectivity index (χ4v) is 2.87. The summed E-state index contributed by atoms with van der Waals surface area (Å²) in [5.41, 5.74) is 1.07. The van der Waals surface area contributed by atoms with Crippen molar-refractivity contribution in [2.24, 2.45) is 0 Å². The Morgan fingerprint density at radius 1 is 1.35 bits per heavy atom. The van der Waals surface area contributed by atoms with E-state index < -0.39 is 0 Å². The van der Waals surface area contributed by atoms with Gasteiger partial charge in [0, 0.05) is 10.9 Å². The molecule has 0 saturated heterocycles. The van der Waals surface area contributed by atoms with Crippen LogP contribution in [0.1, 0.15) is 41.9 Å². The highest BCUT2D eigenvalue weighted by atomic mass is 32.1. The fraction of sp³-hybridized carbons (Fsp3) is 0.500. The first kappa shape index (κ1) is 14.7. The summed E-state index contributed by atoms with van der Waals surface area (Å²) in [4.78, 5) is 14.0. The number of nitrogens with one attached hydrogen (secondary N) is 1. The Kier molecular flexibility index (Phi) is 4.89. The maximum Gasteiger partial charge on any atom is 0.218 e. The first-order valence-corrected chi connectivity index (χ1v) is 7.57. The standard InChI is InChI=1S/C14H20N4OS/c1-5-6-19-13-7-12(15-8-16-13)18-10(3)14-9(2)17-11(4)20-14/h7-8,10H,5-6H2,1-4H3,(H,15,16,18). The van der Waals surface area contributed by atoms with E-state index in [1.807, 2.05) is 19.9 Å². The average molecular weight is 292 g/mol. The summed E-state index contributed by atoms with van der Waals surface area (Å²) in [6, 6.07) is 1.99. The molecule has 0 bridgehead atoms. The Morgan fingerprint density at radius 2 is 2.15 bits per heavy atom. The number of nitrogens with zero attached hydrogens (tertiary/aromatic N) is 3. The molecular weight excluding hydrogens is 272 g/mol. The van der Waals surface area contributed by atoms with E-state index in [-0.39, 0.29) is 6.04 Å². The summed E-state index contributed by atoms with van der Waals surface area (Å²) in [7, 11) is 0. The van der Waals surface area contributed by atoms with E-state index in [1.165, 1.54) is 11.2 Å². The number of hydrogen-bond donors (Lipinski definition) is 1. The van der Waals surface area contributed by atoms with Gasteiger partial charge in [-0.2, -0.15) is 0 Å². The monoisotopic (exact) mass is 292 g/mol. The maximum atomic E-state index is 5.51. The summed E-state index contributed by atoms with van der Waals surface area (Å²) >= 11 is 1.71. The highest BCUT2D eigenvalue weighted by Crippen LogP contribution is 2.27. The predicted molar refractivity (Wildman–Crippen MR) is 81.4 cm³/mol. The molecule has 0 amide bonds. The van der Waals surface area contributed by atoms with Crippen LogP contribution in [0.2, 0.25) is 0 Å². The van der Waals surface area contributed by atoms with Crippen LogP contribution in [0.25, 0.3) is 0 Å². The van der Waals surface area contributed by atoms with Crippen LogP contribution in [0.4, 0.5) is 5.82 Å². The van der Waals surface area contributed by atoms with Gasteiger partial charge in [-0.3, -0.25) is 0 Å². The summed E-state index contributed by atoms with van der Waals surface area (Å²) < 4.78 is 5.51. The van der Waals surface area contributed by atoms with Crippen molar-refractivity contribution < 1.29 is 4.74 Å². The van der Waals surface area contributed by atoms with Gasteiger partial charge in [0.2, 0.25) is 5.88 Å². The number of aromatic nitrogens is 3. The molecule has 1 unspecified atom stereocenters. The molecule has 2 rings (SSSR count). The number of ether oxygens (including phenoxy) is 1. The number of thiazole rings is 1. The Hall–Kier alpha value is -1.69. The molecule has 0 aromatic carbocycles. The van der Waals surface area contributed by atoms with Gasteiger partial charge in [-0.05, 0) is 27.2 Å². The number of rotatable bonds is 6. The summed E-state index contributed by atoms with van der Waals surface area (Å²) in [6.07, 6.45) is 2.48. The second-order valence-electron chi connectivity index (χ2n) is 4.64. The molecule has 5 nitrogen and oxygen atoms in total. The lowest BCUT2D eigenvalue weighted by atomic mass is 10.2. The molecule has 2 aromatic heterocycles. The molecule has 20 heavy (non-hydrogen) atoms. The lowest BCUT2D eigenvalue weighted by Gasteiger charge is -2.14. The molecule has 0 radical (unpaired) electrons. The summed E-state index contributed by atoms with van der Waals surface area (Å²) in [6.45, 7) is 8.90. The minimum absolute atomic E-state index is 0.162. The third kappa shape index (κ3) is 3.66. The molecule has 1 N–H and O–H groups in total. The van der Waals surface area contributed by atoms with Gasteiger partial charge in [0.15, 0.2) is 0 Å². The third-order valence-electron chi connectivity index (χ3n) is 2.79. The molecule has 2 heterocycles. The van der Waals surface area contributed by atoms with Crippen molar-refractivity contribution >= 4 is 17.2 Å². The van der Waals surface area contributed by atoms with Crippen molar-refractivity contribution in [2.75, 3.05) is 11.9 Å². The van der Waals surface area contributed by atoms with Gasteiger partial charge >= 0.3 is 0 Å². The quantitative estimate of drug-likeness (QED) is 0.882. The molecule has 0 spiro atoms. The second kappa shape index (κ2) is 6.65. The molecule has 1 atom stereocenters. The lowest BCUT2D eigenvalue weighted by Crippen LogP contribution is -2.08. The molecule has 0 aliphatic carbocycles. The van der Waals surface area contributed by atoms with Crippen LogP contribution < -0.4 is 10.1 Å². The average Bonchev–Trinajstić information content (AvgIpc) is 2.76. The van der Waals surface area contributed by atoms with Crippen LogP contribution in [0, 0.1) is 13.8 Å². The molecular formula is C14H20N4OS. The second-order valence-corrected chi connectivity index (χ2v) is 5.87. The molecule has 0 aliphatic heterocycles. The van der Waals surface area contributed by atoms with Gasteiger partial charge in [0.05, 0.1) is 23.4 Å². The van der Waals surface area contributed by atoms with Crippen molar-refractivity contribution in [3.63, 3.8) is 0 Å². The van der Waals surface area contributed by atoms with Crippen LogP contribution in [0.3, 0.4) is 0 Å². The third-order valence-corrected chi connectivity index (χ3v) is 4.05. The fourth-order valence-electron chi connectivity index (χ4n) is 1.94. The van der Waals surface area contributed by atoms with Crippen LogP contribution in [-0.4, -0.2) is 21.6 Å². The van der Waals surface area contributed by atoms with Gasteiger partial charge in [0.1, 0.15) is 12.1 Å². The first-order valence-electron chi connectivity index (χ1n) is 6.75. The number of aryl methyl sites for hydroxylation is 2. The molecule has 0 aliphatic rings. The van der Waals surface area contributed by atoms with Crippen molar-refractivity contribution in [2.45, 2.75) is 40.2 Å². The van der Waals surface area contributed by atoms with Gasteiger partial charge in [-0.25, -0.2) is 15.0 Å². The van der Waals surface area contributed by atoms with E-state index in [0.29, 0.717) is 12.5 Å². The van der Waals surface area contributed by atoms with E-state index in [9.17, 15) is 0 Å². The largest absolute Gasteiger partial charge is 0.478 e. The van der Waals surface area contributed by atoms with E-state index in [0.717, 1.165) is 22.9 Å². The number of anilines is 1. The van der Waals surface area contributed by atoms with Crippen molar-refractivity contribution in [1.29, 1.82) is 0 Å². The van der Waals surface area contributed by atoms with E-state index in [1.54, 1.807) is 11.3 Å². The van der Waals surface area contributed by atoms with Crippen LogP contribution >= 0.6 is 11.3 Å². The van der Waals surface area contributed by atoms with E-state index in [4.69, 9.17) is 4.74 Å². The van der Waals surface area contributed by atoms with E-state index in [2.05, 4.69) is 34.1 Å². The van der Waals surface area contributed by atoms with Gasteiger partial charge < -0.3 is 10.1 Å². The molecule has 0 fully saturated rings. The van der Waals surface area contributed by atoms with Crippen LogP contribution in [0.15, 0.2) is 12.4 Å². The zero-order valence-electron chi connectivity index (χ0n) is 12.3. The lowest BCUT2D eigenvalue weighted by molar-refractivity contribution is 0.305. The Bertz CT molecular complexity index is 570. The van der Waals surface area contributed by atoms with Crippen molar-refractivity contribution in [3.8, 4) is 5.88 Å². The molecule has 2 aromatic rings. The van der Waals surface area contributed by atoms with Crippen LogP contribution in [0.5, 0.6) is 5.88 Å². The van der Waals surface area contributed by atoms with Gasteiger partial charge in [-0.1, -0.05) is 6.92 Å². The highest BCUT2D eigenvalue weighted by Gasteiger charge is 2.13. The maximum absolute atomic E-state index is 5.51. The van der Waals surface area contributed by atoms with E-state index >= 15 is 0 Å². The van der Waals surface area contributed by atoms with Gasteiger partial charge in [-0.15, -0.1) is 11.3 Å². The summed E-state index contributed by atoms with van der Waals surface area (Å²) in [5.74, 6) is 1.37. The Balaban J connectivity index is 2.07. The minimum atomic E-state index is 0.162. The Labute approximate surface area is 123 Å². The zero-order valence-corrected chi connectivity index (χ0v) is 13.1. The summed E-state index contributed by atoms with van der Waals surface area (Å²) in [5, 5.41) is 4.45. The first-order chi connectivity index (χ1) is 9.60. The SMILES string of the molecule is CCCOc1cc(NC(C)c2sc(C)nc2C)ncn1. The number of hydrogen-bond acceptors (Lipinski definition) is 6. The van der Waals surface area contributed by atoms with Crippen molar-refractivity contribution in [1.82, 2.24) is 15.0 Å². The highest BCUT2D eigenvalue weighted by molar-refractivity contribution is 7.11. The van der Waals surface area contributed by atoms with Crippen LogP contribution in [-0.2, 0) is 0 Å². The molecule has 108 valence electrons.